The van der Waals surface area contributed by atoms with Crippen LogP contribution in [0.15, 0.2) is 24.3 Å². The van der Waals surface area contributed by atoms with E-state index in [0.717, 1.165) is 6.92 Å². The molecule has 0 saturated heterocycles. The molecule has 0 unspecified atom stereocenters. The van der Waals surface area contributed by atoms with Gasteiger partial charge in [-0.2, -0.15) is 0 Å². The third-order valence-electron chi connectivity index (χ3n) is 1.92. The number of hydrogen-bond donors (Lipinski definition) is 1. The molecule has 15 heavy (non-hydrogen) atoms. The Morgan fingerprint density at radius 2 is 2.00 bits per heavy atom. The first-order valence-corrected chi connectivity index (χ1v) is 4.76. The summed E-state index contributed by atoms with van der Waals surface area (Å²) in [6, 6.07) is 6.04. The van der Waals surface area contributed by atoms with Crippen LogP contribution in [0.3, 0.4) is 0 Å². The Balaban J connectivity index is 2.78. The van der Waals surface area contributed by atoms with Crippen molar-refractivity contribution in [3.63, 3.8) is 0 Å². The number of para-hydroxylation sites is 1. The number of aliphatic hydroxyl groups excluding tert-OH is 1. The number of halogens is 2. The second-order valence-electron chi connectivity index (χ2n) is 3.31. The number of benzene rings is 1. The number of alkyl halides is 2. The molecule has 0 aliphatic rings. The van der Waals surface area contributed by atoms with Gasteiger partial charge in [-0.25, -0.2) is 8.78 Å². The van der Waals surface area contributed by atoms with Crippen molar-refractivity contribution >= 4 is 0 Å². The summed E-state index contributed by atoms with van der Waals surface area (Å²) in [5.41, 5.74) is -0.122. The van der Waals surface area contributed by atoms with Crippen LogP contribution in [0.1, 0.15) is 18.9 Å². The summed E-state index contributed by atoms with van der Waals surface area (Å²) < 4.78 is 31.4. The summed E-state index contributed by atoms with van der Waals surface area (Å²) in [6.07, 6.45) is 0.434. The van der Waals surface area contributed by atoms with Crippen molar-refractivity contribution < 1.29 is 18.6 Å². The molecule has 0 aromatic heterocycles. The summed E-state index contributed by atoms with van der Waals surface area (Å²) in [6.45, 7) is 1.06. The van der Waals surface area contributed by atoms with Crippen LogP contribution >= 0.6 is 0 Å². The van der Waals surface area contributed by atoms with Crippen LogP contribution < -0.4 is 4.74 Å². The predicted octanol–water partition coefficient (Wildman–Crippen LogP) is 2.56. The van der Waals surface area contributed by atoms with Gasteiger partial charge >= 0.3 is 0 Å². The quantitative estimate of drug-likeness (QED) is 0.766. The number of rotatable bonds is 5. The van der Waals surface area contributed by atoms with Crippen molar-refractivity contribution in [3.8, 4) is 5.75 Å². The standard InChI is InChI=1S/C11H14F2O2/c1-11(12,13)9-5-2-3-6-10(9)15-8-4-7-14/h2-3,5-6,14H,4,7-8H2,1H3. The minimum Gasteiger partial charge on any atom is -0.493 e. The maximum Gasteiger partial charge on any atom is 0.274 e. The van der Waals surface area contributed by atoms with E-state index in [1.54, 1.807) is 12.1 Å². The van der Waals surface area contributed by atoms with E-state index in [0.29, 0.717) is 6.42 Å². The Morgan fingerprint density at radius 3 is 2.60 bits per heavy atom. The Kier molecular flexibility index (Phi) is 4.03. The lowest BCUT2D eigenvalue weighted by molar-refractivity contribution is 0.0144. The maximum absolute atomic E-state index is 13.1. The Hall–Kier alpha value is -1.16. The highest BCUT2D eigenvalue weighted by molar-refractivity contribution is 5.36. The normalized spacial score (nSPS) is 11.5. The van der Waals surface area contributed by atoms with Gasteiger partial charge in [0.25, 0.3) is 5.92 Å². The van der Waals surface area contributed by atoms with Crippen molar-refractivity contribution in [2.24, 2.45) is 0 Å². The Labute approximate surface area is 87.5 Å². The van der Waals surface area contributed by atoms with Crippen LogP contribution in [0.4, 0.5) is 8.78 Å². The van der Waals surface area contributed by atoms with Gasteiger partial charge < -0.3 is 9.84 Å². The summed E-state index contributed by atoms with van der Waals surface area (Å²) in [4.78, 5) is 0. The minimum atomic E-state index is -2.91. The van der Waals surface area contributed by atoms with Crippen molar-refractivity contribution in [1.29, 1.82) is 0 Å². The second-order valence-corrected chi connectivity index (χ2v) is 3.31. The zero-order valence-electron chi connectivity index (χ0n) is 8.54. The van der Waals surface area contributed by atoms with E-state index in [-0.39, 0.29) is 24.5 Å². The fourth-order valence-electron chi connectivity index (χ4n) is 1.20. The van der Waals surface area contributed by atoms with Crippen LogP contribution in [0.25, 0.3) is 0 Å². The smallest absolute Gasteiger partial charge is 0.274 e. The predicted molar refractivity (Wildman–Crippen MR) is 53.2 cm³/mol. The highest BCUT2D eigenvalue weighted by Crippen LogP contribution is 2.34. The lowest BCUT2D eigenvalue weighted by Crippen LogP contribution is -2.10. The van der Waals surface area contributed by atoms with E-state index in [9.17, 15) is 8.78 Å². The molecule has 0 atom stereocenters. The third kappa shape index (κ3) is 3.47. The molecule has 2 nitrogen and oxygen atoms in total. The molecule has 0 aliphatic heterocycles. The molecule has 1 rings (SSSR count). The molecule has 4 heteroatoms. The van der Waals surface area contributed by atoms with E-state index in [1.165, 1.54) is 12.1 Å². The maximum atomic E-state index is 13.1. The molecule has 84 valence electrons. The molecule has 0 aliphatic carbocycles. The molecule has 0 fully saturated rings. The van der Waals surface area contributed by atoms with Crippen LogP contribution in [-0.4, -0.2) is 18.3 Å². The monoisotopic (exact) mass is 216 g/mol. The fourth-order valence-corrected chi connectivity index (χ4v) is 1.20. The van der Waals surface area contributed by atoms with Crippen molar-refractivity contribution in [3.05, 3.63) is 29.8 Å². The molecule has 0 heterocycles. The van der Waals surface area contributed by atoms with Gasteiger partial charge in [0, 0.05) is 20.0 Å². The minimum absolute atomic E-state index is 0.00924. The zero-order valence-corrected chi connectivity index (χ0v) is 8.54. The highest BCUT2D eigenvalue weighted by atomic mass is 19.3. The molecule has 0 radical (unpaired) electrons. The van der Waals surface area contributed by atoms with E-state index in [1.807, 2.05) is 0 Å². The van der Waals surface area contributed by atoms with Gasteiger partial charge in [0.2, 0.25) is 0 Å². The van der Waals surface area contributed by atoms with Crippen LogP contribution in [0, 0.1) is 0 Å². The van der Waals surface area contributed by atoms with Gasteiger partial charge in [-0.1, -0.05) is 12.1 Å². The molecule has 1 N–H and O–H groups in total. The SMILES string of the molecule is CC(F)(F)c1ccccc1OCCCO. The van der Waals surface area contributed by atoms with Crippen LogP contribution in [0.2, 0.25) is 0 Å². The summed E-state index contributed by atoms with van der Waals surface area (Å²) in [5.74, 6) is -2.73. The molecule has 0 amide bonds. The fraction of sp³-hybridized carbons (Fsp3) is 0.455. The van der Waals surface area contributed by atoms with E-state index < -0.39 is 5.92 Å². The molecule has 1 aromatic rings. The summed E-state index contributed by atoms with van der Waals surface area (Å²) >= 11 is 0. The summed E-state index contributed by atoms with van der Waals surface area (Å²) in [7, 11) is 0. The lowest BCUT2D eigenvalue weighted by Gasteiger charge is -2.15. The molecule has 0 spiro atoms. The highest BCUT2D eigenvalue weighted by Gasteiger charge is 2.27. The second kappa shape index (κ2) is 5.07. The van der Waals surface area contributed by atoms with Crippen molar-refractivity contribution in [2.75, 3.05) is 13.2 Å². The van der Waals surface area contributed by atoms with Gasteiger partial charge in [-0.05, 0) is 12.1 Å². The van der Waals surface area contributed by atoms with E-state index in [4.69, 9.17) is 9.84 Å². The van der Waals surface area contributed by atoms with Crippen molar-refractivity contribution in [1.82, 2.24) is 0 Å². The average molecular weight is 216 g/mol. The first-order chi connectivity index (χ1) is 7.05. The van der Waals surface area contributed by atoms with Gasteiger partial charge in [-0.3, -0.25) is 0 Å². The van der Waals surface area contributed by atoms with Gasteiger partial charge in [0.05, 0.1) is 12.2 Å². The number of hydrogen-bond acceptors (Lipinski definition) is 2. The van der Waals surface area contributed by atoms with Gasteiger partial charge in [0.1, 0.15) is 5.75 Å². The summed E-state index contributed by atoms with van der Waals surface area (Å²) in [5, 5.41) is 8.55. The van der Waals surface area contributed by atoms with Crippen molar-refractivity contribution in [2.45, 2.75) is 19.3 Å². The van der Waals surface area contributed by atoms with Crippen LogP contribution in [-0.2, 0) is 5.92 Å². The zero-order chi connectivity index (χ0) is 11.3. The van der Waals surface area contributed by atoms with Gasteiger partial charge in [-0.15, -0.1) is 0 Å². The molecule has 0 bridgehead atoms. The van der Waals surface area contributed by atoms with Crippen LogP contribution in [0.5, 0.6) is 5.75 Å². The van der Waals surface area contributed by atoms with Gasteiger partial charge in [0.15, 0.2) is 0 Å². The Bertz CT molecular complexity index is 308. The molecule has 1 aromatic carbocycles. The lowest BCUT2D eigenvalue weighted by atomic mass is 10.1. The average Bonchev–Trinajstić information content (AvgIpc) is 2.17. The largest absolute Gasteiger partial charge is 0.493 e. The first-order valence-electron chi connectivity index (χ1n) is 4.76. The number of ether oxygens (including phenoxy) is 1. The molecular formula is C11H14F2O2. The Morgan fingerprint density at radius 1 is 1.33 bits per heavy atom. The number of aliphatic hydroxyl groups is 1. The first kappa shape index (κ1) is 11.9. The van der Waals surface area contributed by atoms with E-state index >= 15 is 0 Å². The topological polar surface area (TPSA) is 29.5 Å². The van der Waals surface area contributed by atoms with E-state index in [2.05, 4.69) is 0 Å². The molecule has 0 saturated carbocycles. The molecular weight excluding hydrogens is 202 g/mol. The third-order valence-corrected chi connectivity index (χ3v) is 1.92.